The van der Waals surface area contributed by atoms with Crippen LogP contribution >= 0.6 is 34.5 Å². The van der Waals surface area contributed by atoms with E-state index in [4.69, 9.17) is 23.2 Å². The van der Waals surface area contributed by atoms with E-state index in [0.29, 0.717) is 15.6 Å². The second kappa shape index (κ2) is 6.23. The predicted octanol–water partition coefficient (Wildman–Crippen LogP) is 5.20. The molecule has 1 aromatic heterocycles. The van der Waals surface area contributed by atoms with Gasteiger partial charge in [-0.3, -0.25) is 0 Å². The van der Waals surface area contributed by atoms with Gasteiger partial charge in [0.25, 0.3) is 0 Å². The Bertz CT molecular complexity index is 583. The highest BCUT2D eigenvalue weighted by Gasteiger charge is 2.21. The lowest BCUT2D eigenvalue weighted by Gasteiger charge is -2.19. The Kier molecular flexibility index (Phi) is 4.85. The smallest absolute Gasteiger partial charge is 0.127 e. The summed E-state index contributed by atoms with van der Waals surface area (Å²) in [7, 11) is 0. The predicted molar refractivity (Wildman–Crippen MR) is 81.0 cm³/mol. The van der Waals surface area contributed by atoms with E-state index in [1.165, 1.54) is 6.07 Å². The standard InChI is InChI=1S/C14H14Cl2FNS/c1-3-18-13(14-10(15)4-5-19-14)9-6-8(2)12(17)7-11(9)16/h4-7,13,18H,3H2,1-2H3. The normalized spacial score (nSPS) is 12.7. The summed E-state index contributed by atoms with van der Waals surface area (Å²) in [6.07, 6.45) is 0. The molecule has 0 radical (unpaired) electrons. The van der Waals surface area contributed by atoms with E-state index < -0.39 is 0 Å². The molecule has 1 aromatic carbocycles. The molecule has 2 aromatic rings. The quantitative estimate of drug-likeness (QED) is 0.817. The maximum absolute atomic E-state index is 13.5. The Morgan fingerprint density at radius 2 is 2.05 bits per heavy atom. The summed E-state index contributed by atoms with van der Waals surface area (Å²) in [5.41, 5.74) is 1.43. The van der Waals surface area contributed by atoms with E-state index in [-0.39, 0.29) is 11.9 Å². The molecule has 0 aliphatic rings. The topological polar surface area (TPSA) is 12.0 Å². The number of hydrogen-bond acceptors (Lipinski definition) is 2. The van der Waals surface area contributed by atoms with E-state index in [2.05, 4.69) is 5.32 Å². The number of benzene rings is 1. The highest BCUT2D eigenvalue weighted by Crippen LogP contribution is 2.36. The lowest BCUT2D eigenvalue weighted by Crippen LogP contribution is -2.22. The minimum absolute atomic E-state index is 0.107. The maximum Gasteiger partial charge on any atom is 0.127 e. The third-order valence-electron chi connectivity index (χ3n) is 2.90. The molecule has 102 valence electrons. The SMILES string of the molecule is CCNC(c1cc(C)c(F)cc1Cl)c1sccc1Cl. The summed E-state index contributed by atoms with van der Waals surface area (Å²) in [6, 6.07) is 4.89. The molecule has 0 aliphatic heterocycles. The van der Waals surface area contributed by atoms with Crippen LogP contribution in [0.5, 0.6) is 0 Å². The van der Waals surface area contributed by atoms with Gasteiger partial charge in [-0.05, 0) is 48.2 Å². The fraction of sp³-hybridized carbons (Fsp3) is 0.286. The molecule has 1 atom stereocenters. The first-order chi connectivity index (χ1) is 9.04. The Hall–Kier alpha value is -0.610. The third kappa shape index (κ3) is 3.11. The van der Waals surface area contributed by atoms with Crippen molar-refractivity contribution in [3.8, 4) is 0 Å². The molecule has 0 aliphatic carbocycles. The van der Waals surface area contributed by atoms with Crippen LogP contribution in [0.2, 0.25) is 10.0 Å². The summed E-state index contributed by atoms with van der Waals surface area (Å²) in [4.78, 5) is 0.997. The minimum atomic E-state index is -0.290. The van der Waals surface area contributed by atoms with Gasteiger partial charge < -0.3 is 5.32 Å². The highest BCUT2D eigenvalue weighted by atomic mass is 35.5. The monoisotopic (exact) mass is 317 g/mol. The zero-order valence-corrected chi connectivity index (χ0v) is 13.0. The minimum Gasteiger partial charge on any atom is -0.306 e. The van der Waals surface area contributed by atoms with Crippen molar-refractivity contribution in [3.05, 3.63) is 55.4 Å². The van der Waals surface area contributed by atoms with Gasteiger partial charge >= 0.3 is 0 Å². The first-order valence-corrected chi connectivity index (χ1v) is 7.60. The molecule has 0 amide bonds. The van der Waals surface area contributed by atoms with Gasteiger partial charge in [0.15, 0.2) is 0 Å². The maximum atomic E-state index is 13.5. The molecule has 2 rings (SSSR count). The number of thiophene rings is 1. The van der Waals surface area contributed by atoms with Crippen LogP contribution in [0.1, 0.15) is 29.0 Å². The third-order valence-corrected chi connectivity index (χ3v) is 4.65. The van der Waals surface area contributed by atoms with Crippen molar-refractivity contribution in [1.29, 1.82) is 0 Å². The molecular formula is C14H14Cl2FNS. The van der Waals surface area contributed by atoms with Gasteiger partial charge in [-0.25, -0.2) is 4.39 Å². The van der Waals surface area contributed by atoms with E-state index in [0.717, 1.165) is 17.0 Å². The Morgan fingerprint density at radius 3 is 2.63 bits per heavy atom. The molecule has 0 spiro atoms. The summed E-state index contributed by atoms with van der Waals surface area (Å²) in [5, 5.41) is 6.40. The summed E-state index contributed by atoms with van der Waals surface area (Å²) in [5.74, 6) is -0.290. The van der Waals surface area contributed by atoms with Crippen molar-refractivity contribution >= 4 is 34.5 Å². The Labute approximate surface area is 126 Å². The van der Waals surface area contributed by atoms with Crippen LogP contribution < -0.4 is 5.32 Å². The van der Waals surface area contributed by atoms with Crippen LogP contribution in [-0.2, 0) is 0 Å². The van der Waals surface area contributed by atoms with Crippen molar-refractivity contribution in [2.75, 3.05) is 6.54 Å². The fourth-order valence-electron chi connectivity index (χ4n) is 1.96. The summed E-state index contributed by atoms with van der Waals surface area (Å²) >= 11 is 13.9. The first-order valence-electron chi connectivity index (χ1n) is 5.96. The highest BCUT2D eigenvalue weighted by molar-refractivity contribution is 7.10. The van der Waals surface area contributed by atoms with Crippen LogP contribution in [0.25, 0.3) is 0 Å². The van der Waals surface area contributed by atoms with Crippen LogP contribution in [0.3, 0.4) is 0 Å². The lowest BCUT2D eigenvalue weighted by atomic mass is 10.0. The number of halogens is 3. The molecule has 1 unspecified atom stereocenters. The average Bonchev–Trinajstić information content (AvgIpc) is 2.77. The lowest BCUT2D eigenvalue weighted by molar-refractivity contribution is 0.609. The largest absolute Gasteiger partial charge is 0.306 e. The van der Waals surface area contributed by atoms with Gasteiger partial charge in [0, 0.05) is 9.90 Å². The van der Waals surface area contributed by atoms with Crippen molar-refractivity contribution < 1.29 is 4.39 Å². The zero-order chi connectivity index (χ0) is 14.0. The van der Waals surface area contributed by atoms with Gasteiger partial charge in [0.2, 0.25) is 0 Å². The summed E-state index contributed by atoms with van der Waals surface area (Å²) in [6.45, 7) is 4.51. The van der Waals surface area contributed by atoms with Gasteiger partial charge in [-0.2, -0.15) is 0 Å². The first kappa shape index (κ1) is 14.8. The van der Waals surface area contributed by atoms with Crippen LogP contribution in [0.4, 0.5) is 4.39 Å². The second-order valence-corrected chi connectivity index (χ2v) is 6.01. The van der Waals surface area contributed by atoms with E-state index in [9.17, 15) is 4.39 Å². The molecule has 1 N–H and O–H groups in total. The average molecular weight is 318 g/mol. The number of nitrogens with one attached hydrogen (secondary N) is 1. The molecule has 0 fully saturated rings. The summed E-state index contributed by atoms with van der Waals surface area (Å²) < 4.78 is 13.5. The van der Waals surface area contributed by atoms with E-state index in [1.54, 1.807) is 24.3 Å². The Balaban J connectivity index is 2.51. The molecule has 5 heteroatoms. The number of rotatable bonds is 4. The van der Waals surface area contributed by atoms with Gasteiger partial charge in [0.05, 0.1) is 11.1 Å². The van der Waals surface area contributed by atoms with Crippen molar-refractivity contribution in [1.82, 2.24) is 5.32 Å². The van der Waals surface area contributed by atoms with Gasteiger partial charge in [-0.1, -0.05) is 30.1 Å². The van der Waals surface area contributed by atoms with Crippen molar-refractivity contribution in [3.63, 3.8) is 0 Å². The fourth-order valence-corrected chi connectivity index (χ4v) is 3.48. The molecule has 0 bridgehead atoms. The Morgan fingerprint density at radius 1 is 1.32 bits per heavy atom. The molecule has 0 saturated heterocycles. The molecular weight excluding hydrogens is 304 g/mol. The van der Waals surface area contributed by atoms with Crippen LogP contribution in [0, 0.1) is 12.7 Å². The van der Waals surface area contributed by atoms with E-state index >= 15 is 0 Å². The second-order valence-electron chi connectivity index (χ2n) is 4.25. The van der Waals surface area contributed by atoms with Gasteiger partial charge in [-0.15, -0.1) is 11.3 Å². The van der Waals surface area contributed by atoms with Crippen molar-refractivity contribution in [2.24, 2.45) is 0 Å². The van der Waals surface area contributed by atoms with E-state index in [1.807, 2.05) is 18.4 Å². The van der Waals surface area contributed by atoms with Crippen LogP contribution in [0.15, 0.2) is 23.6 Å². The molecule has 0 saturated carbocycles. The van der Waals surface area contributed by atoms with Crippen LogP contribution in [-0.4, -0.2) is 6.54 Å². The van der Waals surface area contributed by atoms with Gasteiger partial charge in [0.1, 0.15) is 5.82 Å². The van der Waals surface area contributed by atoms with Crippen molar-refractivity contribution in [2.45, 2.75) is 19.9 Å². The molecule has 1 nitrogen and oxygen atoms in total. The number of hydrogen-bond donors (Lipinski definition) is 1. The molecule has 1 heterocycles. The zero-order valence-electron chi connectivity index (χ0n) is 10.6. The number of aryl methyl sites for hydroxylation is 1. The molecule has 19 heavy (non-hydrogen) atoms.